The van der Waals surface area contributed by atoms with Crippen molar-refractivity contribution in [1.82, 2.24) is 0 Å². The summed E-state index contributed by atoms with van der Waals surface area (Å²) in [5.41, 5.74) is 0. The minimum absolute atomic E-state index is 0.523. The molecule has 4 heteroatoms. The summed E-state index contributed by atoms with van der Waals surface area (Å²) in [6.07, 6.45) is 0. The molecule has 3 aromatic rings. The first-order valence-electron chi connectivity index (χ1n) is 6.18. The summed E-state index contributed by atoms with van der Waals surface area (Å²) in [6, 6.07) is 22.4. The lowest BCUT2D eigenvalue weighted by Gasteiger charge is -1.98. The van der Waals surface area contributed by atoms with Crippen LogP contribution in [0.2, 0.25) is 0 Å². The molecular weight excluding hydrogens is 271 g/mol. The van der Waals surface area contributed by atoms with E-state index in [1.807, 2.05) is 54.6 Å². The van der Waals surface area contributed by atoms with E-state index < -0.39 is 8.25 Å². The van der Waals surface area contributed by atoms with Gasteiger partial charge in [-0.15, -0.1) is 0 Å². The smallest absolute Gasteiger partial charge is 0.222 e. The maximum atomic E-state index is 11.8. The summed E-state index contributed by atoms with van der Waals surface area (Å²) in [5, 5.41) is 2.15. The summed E-state index contributed by atoms with van der Waals surface area (Å²) < 4.78 is 22.4. The Kier molecular flexibility index (Phi) is 3.62. The highest BCUT2D eigenvalue weighted by atomic mass is 31.1. The Morgan fingerprint density at radius 2 is 1.30 bits per heavy atom. The normalized spacial score (nSPS) is 11.1. The van der Waals surface area contributed by atoms with Crippen LogP contribution in [0.25, 0.3) is 10.8 Å². The van der Waals surface area contributed by atoms with Crippen molar-refractivity contribution in [2.24, 2.45) is 0 Å². The molecule has 0 saturated carbocycles. The highest BCUT2D eigenvalue weighted by Gasteiger charge is 2.23. The minimum Gasteiger partial charge on any atom is -0.222 e. The third-order valence-electron chi connectivity index (χ3n) is 2.82. The quantitative estimate of drug-likeness (QED) is 0.635. The van der Waals surface area contributed by atoms with Gasteiger partial charge in [-0.05, 0) is 35.0 Å². The predicted molar refractivity (Wildman–Crippen MR) is 79.3 cm³/mol. The summed E-state index contributed by atoms with van der Waals surface area (Å²) >= 11 is 0. The molecule has 0 bridgehead atoms. The lowest BCUT2D eigenvalue weighted by Crippen LogP contribution is -1.88. The second-order valence-corrected chi connectivity index (χ2v) is 5.04. The Balaban J connectivity index is 1.74. The fourth-order valence-corrected chi connectivity index (χ4v) is 2.51. The molecule has 0 radical (unpaired) electrons. The molecule has 0 fully saturated rings. The third-order valence-corrected chi connectivity index (χ3v) is 3.54. The Labute approximate surface area is 117 Å². The van der Waals surface area contributed by atoms with Gasteiger partial charge in [0.2, 0.25) is 0 Å². The van der Waals surface area contributed by atoms with E-state index in [0.29, 0.717) is 11.5 Å². The zero-order valence-corrected chi connectivity index (χ0v) is 11.5. The molecule has 98 valence electrons. The molecular formula is C16H12O3P+. The average Bonchev–Trinajstić information content (AvgIpc) is 2.48. The van der Waals surface area contributed by atoms with Crippen LogP contribution >= 0.6 is 8.25 Å². The van der Waals surface area contributed by atoms with Gasteiger partial charge in [0.1, 0.15) is 0 Å². The average molecular weight is 283 g/mol. The Morgan fingerprint density at radius 1 is 0.650 bits per heavy atom. The van der Waals surface area contributed by atoms with Gasteiger partial charge in [-0.1, -0.05) is 48.5 Å². The van der Waals surface area contributed by atoms with Crippen LogP contribution in [0.5, 0.6) is 11.5 Å². The van der Waals surface area contributed by atoms with E-state index >= 15 is 0 Å². The van der Waals surface area contributed by atoms with E-state index in [1.165, 1.54) is 0 Å². The Hall–Kier alpha value is -2.38. The van der Waals surface area contributed by atoms with Gasteiger partial charge in [0, 0.05) is 4.57 Å². The van der Waals surface area contributed by atoms with Crippen LogP contribution in [0.15, 0.2) is 72.8 Å². The number of hydrogen-bond donors (Lipinski definition) is 0. The van der Waals surface area contributed by atoms with Gasteiger partial charge < -0.3 is 0 Å². The zero-order valence-electron chi connectivity index (χ0n) is 10.6. The van der Waals surface area contributed by atoms with Crippen molar-refractivity contribution in [2.45, 2.75) is 0 Å². The molecule has 0 aliphatic rings. The Bertz CT molecular complexity index is 741. The largest absolute Gasteiger partial charge is 0.805 e. The van der Waals surface area contributed by atoms with Gasteiger partial charge in [-0.25, -0.2) is 9.05 Å². The lowest BCUT2D eigenvalue weighted by atomic mass is 10.1. The number of para-hydroxylation sites is 1. The standard InChI is InChI=1S/C16H12O3P/c17-20(18-15-8-2-1-3-9-15)19-16-11-10-13-6-4-5-7-14(13)12-16/h1-12H/q+1. The molecule has 3 rings (SSSR count). The molecule has 0 aromatic heterocycles. The van der Waals surface area contributed by atoms with E-state index in [4.69, 9.17) is 9.05 Å². The zero-order chi connectivity index (χ0) is 13.8. The third kappa shape index (κ3) is 2.95. The molecule has 20 heavy (non-hydrogen) atoms. The number of fused-ring (bicyclic) bond motifs is 1. The molecule has 0 saturated heterocycles. The van der Waals surface area contributed by atoms with Gasteiger partial charge in [-0.3, -0.25) is 0 Å². The van der Waals surface area contributed by atoms with Crippen molar-refractivity contribution >= 4 is 19.0 Å². The molecule has 3 aromatic carbocycles. The first-order chi connectivity index (χ1) is 9.81. The van der Waals surface area contributed by atoms with Gasteiger partial charge in [-0.2, -0.15) is 0 Å². The van der Waals surface area contributed by atoms with Crippen molar-refractivity contribution in [3.8, 4) is 11.5 Å². The van der Waals surface area contributed by atoms with Gasteiger partial charge in [0.15, 0.2) is 11.5 Å². The van der Waals surface area contributed by atoms with E-state index in [1.54, 1.807) is 18.2 Å². The first kappa shape index (κ1) is 12.6. The molecule has 0 aliphatic carbocycles. The fraction of sp³-hybridized carbons (Fsp3) is 0. The van der Waals surface area contributed by atoms with Crippen LogP contribution in [-0.2, 0) is 4.57 Å². The van der Waals surface area contributed by atoms with E-state index in [-0.39, 0.29) is 0 Å². The van der Waals surface area contributed by atoms with Gasteiger partial charge in [0.25, 0.3) is 0 Å². The summed E-state index contributed by atoms with van der Waals surface area (Å²) in [4.78, 5) is 0. The molecule has 0 spiro atoms. The van der Waals surface area contributed by atoms with Crippen LogP contribution in [-0.4, -0.2) is 0 Å². The maximum Gasteiger partial charge on any atom is 0.805 e. The predicted octanol–water partition coefficient (Wildman–Crippen LogP) is 4.96. The molecule has 0 N–H and O–H groups in total. The van der Waals surface area contributed by atoms with Crippen molar-refractivity contribution in [3.05, 3.63) is 72.8 Å². The molecule has 0 heterocycles. The highest BCUT2D eigenvalue weighted by molar-refractivity contribution is 7.34. The summed E-state index contributed by atoms with van der Waals surface area (Å²) in [7, 11) is -2.24. The van der Waals surface area contributed by atoms with E-state index in [2.05, 4.69) is 0 Å². The molecule has 0 aliphatic heterocycles. The second kappa shape index (κ2) is 5.72. The fourth-order valence-electron chi connectivity index (χ4n) is 1.90. The molecule has 1 unspecified atom stereocenters. The summed E-state index contributed by atoms with van der Waals surface area (Å²) in [6.45, 7) is 0. The minimum atomic E-state index is -2.24. The van der Waals surface area contributed by atoms with Crippen molar-refractivity contribution in [3.63, 3.8) is 0 Å². The van der Waals surface area contributed by atoms with Crippen LogP contribution in [0.1, 0.15) is 0 Å². The number of rotatable bonds is 4. The monoisotopic (exact) mass is 283 g/mol. The van der Waals surface area contributed by atoms with Crippen LogP contribution in [0, 0.1) is 0 Å². The van der Waals surface area contributed by atoms with Crippen LogP contribution in [0.4, 0.5) is 0 Å². The number of hydrogen-bond acceptors (Lipinski definition) is 3. The second-order valence-electron chi connectivity index (χ2n) is 4.23. The maximum absolute atomic E-state index is 11.8. The van der Waals surface area contributed by atoms with E-state index in [9.17, 15) is 4.57 Å². The molecule has 3 nitrogen and oxygen atoms in total. The van der Waals surface area contributed by atoms with Crippen molar-refractivity contribution in [2.75, 3.05) is 0 Å². The number of benzene rings is 3. The Morgan fingerprint density at radius 3 is 2.10 bits per heavy atom. The van der Waals surface area contributed by atoms with Gasteiger partial charge >= 0.3 is 8.25 Å². The van der Waals surface area contributed by atoms with Gasteiger partial charge in [0.05, 0.1) is 0 Å². The topological polar surface area (TPSA) is 35.5 Å². The van der Waals surface area contributed by atoms with E-state index in [0.717, 1.165) is 10.8 Å². The molecule has 0 amide bonds. The SMILES string of the molecule is O=[P+](Oc1ccccc1)Oc1ccc2ccccc2c1. The lowest BCUT2D eigenvalue weighted by molar-refractivity contribution is 0.416. The van der Waals surface area contributed by atoms with Crippen LogP contribution in [0.3, 0.4) is 0 Å². The molecule has 1 atom stereocenters. The van der Waals surface area contributed by atoms with Crippen molar-refractivity contribution < 1.29 is 13.6 Å². The summed E-state index contributed by atoms with van der Waals surface area (Å²) in [5.74, 6) is 1.05. The van der Waals surface area contributed by atoms with Crippen molar-refractivity contribution in [1.29, 1.82) is 0 Å². The first-order valence-corrected chi connectivity index (χ1v) is 7.28. The highest BCUT2D eigenvalue weighted by Crippen LogP contribution is 2.31. The van der Waals surface area contributed by atoms with Crippen LogP contribution < -0.4 is 9.05 Å².